The highest BCUT2D eigenvalue weighted by molar-refractivity contribution is 7.09. The summed E-state index contributed by atoms with van der Waals surface area (Å²) in [5.41, 5.74) is 0.653. The van der Waals surface area contributed by atoms with Crippen LogP contribution in [0.2, 0.25) is 0 Å². The molecule has 2 atom stereocenters. The number of aliphatic carboxylic acids is 1. The van der Waals surface area contributed by atoms with Crippen molar-refractivity contribution < 1.29 is 15.0 Å². The van der Waals surface area contributed by atoms with E-state index in [0.717, 1.165) is 30.9 Å². The number of hydrogen-bond donors (Lipinski definition) is 2. The van der Waals surface area contributed by atoms with Crippen LogP contribution < -0.4 is 0 Å². The van der Waals surface area contributed by atoms with E-state index in [2.05, 4.69) is 16.8 Å². The van der Waals surface area contributed by atoms with E-state index in [-0.39, 0.29) is 13.0 Å². The highest BCUT2D eigenvalue weighted by atomic mass is 32.1. The topological polar surface area (TPSA) is 73.7 Å². The number of carboxylic acids is 1. The number of likely N-dealkylation sites (tertiary alicyclic amines) is 1. The number of thiazole rings is 1. The summed E-state index contributed by atoms with van der Waals surface area (Å²) in [7, 11) is 0. The monoisotopic (exact) mass is 312 g/mol. The Morgan fingerprint density at radius 2 is 2.38 bits per heavy atom. The van der Waals surface area contributed by atoms with E-state index in [1.807, 2.05) is 5.38 Å². The molecule has 1 aromatic heterocycles. The van der Waals surface area contributed by atoms with Crippen LogP contribution in [0.25, 0.3) is 0 Å². The quantitative estimate of drug-likeness (QED) is 0.806. The van der Waals surface area contributed by atoms with Gasteiger partial charge in [0.05, 0.1) is 17.1 Å². The molecule has 0 radical (unpaired) electrons. The number of aliphatic hydroxyl groups is 1. The first-order chi connectivity index (χ1) is 10.1. The number of carboxylic acid groups (broad SMARTS) is 1. The molecule has 0 saturated carbocycles. The van der Waals surface area contributed by atoms with Crippen molar-refractivity contribution in [1.82, 2.24) is 9.88 Å². The molecule has 0 amide bonds. The lowest BCUT2D eigenvalue weighted by Gasteiger charge is -2.36. The minimum absolute atomic E-state index is 0.0000711. The van der Waals surface area contributed by atoms with Crippen molar-refractivity contribution in [2.75, 3.05) is 19.7 Å². The van der Waals surface area contributed by atoms with Gasteiger partial charge in [-0.05, 0) is 25.8 Å². The van der Waals surface area contributed by atoms with E-state index in [0.29, 0.717) is 17.7 Å². The van der Waals surface area contributed by atoms with Crippen LogP contribution in [0.5, 0.6) is 0 Å². The van der Waals surface area contributed by atoms with Crippen molar-refractivity contribution in [3.05, 3.63) is 16.1 Å². The number of carbonyl (C=O) groups is 1. The first-order valence-electron chi connectivity index (χ1n) is 7.61. The van der Waals surface area contributed by atoms with Gasteiger partial charge in [0.2, 0.25) is 0 Å². The fourth-order valence-electron chi connectivity index (χ4n) is 2.99. The maximum Gasteiger partial charge on any atom is 0.309 e. The van der Waals surface area contributed by atoms with Gasteiger partial charge in [-0.2, -0.15) is 0 Å². The lowest BCUT2D eigenvalue weighted by molar-refractivity contribution is -0.136. The van der Waals surface area contributed by atoms with Crippen LogP contribution in [0.15, 0.2) is 5.38 Å². The lowest BCUT2D eigenvalue weighted by atomic mass is 9.98. The molecule has 1 aliphatic rings. The second-order valence-corrected chi connectivity index (χ2v) is 6.70. The van der Waals surface area contributed by atoms with Crippen molar-refractivity contribution in [2.45, 2.75) is 51.0 Å². The number of piperidine rings is 1. The largest absolute Gasteiger partial charge is 0.481 e. The van der Waals surface area contributed by atoms with Gasteiger partial charge < -0.3 is 10.2 Å². The van der Waals surface area contributed by atoms with Gasteiger partial charge in [0.1, 0.15) is 0 Å². The van der Waals surface area contributed by atoms with Gasteiger partial charge in [-0.15, -0.1) is 11.3 Å². The Morgan fingerprint density at radius 3 is 3.10 bits per heavy atom. The summed E-state index contributed by atoms with van der Waals surface area (Å²) in [5.74, 6) is -0.532. The van der Waals surface area contributed by atoms with Crippen LogP contribution in [-0.2, 0) is 11.2 Å². The Labute approximate surface area is 129 Å². The van der Waals surface area contributed by atoms with Crippen LogP contribution in [0.1, 0.15) is 49.2 Å². The molecule has 0 bridgehead atoms. The van der Waals surface area contributed by atoms with Gasteiger partial charge >= 0.3 is 5.97 Å². The molecular weight excluding hydrogens is 288 g/mol. The average molecular weight is 312 g/mol. The molecule has 21 heavy (non-hydrogen) atoms. The Balaban J connectivity index is 1.94. The number of hydrogen-bond acceptors (Lipinski definition) is 5. The number of rotatable bonds is 7. The summed E-state index contributed by atoms with van der Waals surface area (Å²) in [6.07, 6.45) is 4.47. The van der Waals surface area contributed by atoms with Crippen LogP contribution >= 0.6 is 11.3 Å². The molecule has 0 spiro atoms. The SMILES string of the molecule is CC(CN1CCCCC1CCO)c1nc(CC(=O)O)cs1. The summed E-state index contributed by atoms with van der Waals surface area (Å²) in [6, 6.07) is 0.477. The first kappa shape index (κ1) is 16.4. The molecule has 0 aromatic carbocycles. The molecule has 6 heteroatoms. The van der Waals surface area contributed by atoms with Gasteiger partial charge in [0.15, 0.2) is 0 Å². The number of aliphatic hydroxyl groups excluding tert-OH is 1. The van der Waals surface area contributed by atoms with Crippen molar-refractivity contribution in [3.8, 4) is 0 Å². The molecule has 5 nitrogen and oxygen atoms in total. The molecule has 1 saturated heterocycles. The third kappa shape index (κ3) is 4.76. The van der Waals surface area contributed by atoms with Crippen molar-refractivity contribution in [1.29, 1.82) is 0 Å². The van der Waals surface area contributed by atoms with Gasteiger partial charge in [-0.1, -0.05) is 13.3 Å². The zero-order chi connectivity index (χ0) is 15.2. The van der Waals surface area contributed by atoms with Gasteiger partial charge in [0, 0.05) is 30.5 Å². The molecule has 2 rings (SSSR count). The van der Waals surface area contributed by atoms with E-state index in [9.17, 15) is 9.90 Å². The number of nitrogens with zero attached hydrogens (tertiary/aromatic N) is 2. The molecule has 2 heterocycles. The predicted molar refractivity (Wildman–Crippen MR) is 82.8 cm³/mol. The molecule has 1 aromatic rings. The Kier molecular flexibility index (Phi) is 6.14. The summed E-state index contributed by atoms with van der Waals surface area (Å²) < 4.78 is 0. The molecule has 1 aliphatic heterocycles. The Morgan fingerprint density at radius 1 is 1.57 bits per heavy atom. The summed E-state index contributed by atoms with van der Waals surface area (Å²) >= 11 is 1.55. The zero-order valence-corrected chi connectivity index (χ0v) is 13.3. The second kappa shape index (κ2) is 7.87. The molecular formula is C15H24N2O3S. The van der Waals surface area contributed by atoms with Crippen LogP contribution in [0, 0.1) is 0 Å². The van der Waals surface area contributed by atoms with Crippen LogP contribution in [0.3, 0.4) is 0 Å². The van der Waals surface area contributed by atoms with Crippen LogP contribution in [0.4, 0.5) is 0 Å². The Hall–Kier alpha value is -0.980. The number of aromatic nitrogens is 1. The first-order valence-corrected chi connectivity index (χ1v) is 8.49. The predicted octanol–water partition coefficient (Wildman–Crippen LogP) is 2.11. The van der Waals surface area contributed by atoms with Crippen molar-refractivity contribution in [3.63, 3.8) is 0 Å². The molecule has 0 aliphatic carbocycles. The van der Waals surface area contributed by atoms with Gasteiger partial charge in [0.25, 0.3) is 0 Å². The highest BCUT2D eigenvalue weighted by Crippen LogP contribution is 2.26. The third-order valence-corrected chi connectivity index (χ3v) is 5.17. The summed E-state index contributed by atoms with van der Waals surface area (Å²) in [4.78, 5) is 17.6. The maximum absolute atomic E-state index is 10.7. The van der Waals surface area contributed by atoms with E-state index >= 15 is 0 Å². The molecule has 2 unspecified atom stereocenters. The zero-order valence-electron chi connectivity index (χ0n) is 12.5. The van der Waals surface area contributed by atoms with E-state index in [1.165, 1.54) is 12.8 Å². The molecule has 2 N–H and O–H groups in total. The van der Waals surface area contributed by atoms with Crippen LogP contribution in [-0.4, -0.2) is 51.8 Å². The standard InChI is InChI=1S/C15H24N2O3S/c1-11(15-16-12(10-21-15)8-14(19)20)9-17-6-3-2-4-13(17)5-7-18/h10-11,13,18H,2-9H2,1H3,(H,19,20). The van der Waals surface area contributed by atoms with E-state index in [4.69, 9.17) is 5.11 Å². The average Bonchev–Trinajstić information content (AvgIpc) is 2.89. The van der Waals surface area contributed by atoms with E-state index in [1.54, 1.807) is 11.3 Å². The van der Waals surface area contributed by atoms with E-state index < -0.39 is 5.97 Å². The van der Waals surface area contributed by atoms with Crippen molar-refractivity contribution in [2.24, 2.45) is 0 Å². The minimum atomic E-state index is -0.835. The summed E-state index contributed by atoms with van der Waals surface area (Å²) in [6.45, 7) is 4.41. The fraction of sp³-hybridized carbons (Fsp3) is 0.733. The lowest BCUT2D eigenvalue weighted by Crippen LogP contribution is -2.42. The molecule has 1 fully saturated rings. The maximum atomic E-state index is 10.7. The summed E-state index contributed by atoms with van der Waals surface area (Å²) in [5, 5.41) is 20.8. The minimum Gasteiger partial charge on any atom is -0.481 e. The van der Waals surface area contributed by atoms with Gasteiger partial charge in [-0.3, -0.25) is 9.69 Å². The normalized spacial score (nSPS) is 21.3. The highest BCUT2D eigenvalue weighted by Gasteiger charge is 2.24. The van der Waals surface area contributed by atoms with Gasteiger partial charge in [-0.25, -0.2) is 4.98 Å². The Bertz CT molecular complexity index is 462. The fourth-order valence-corrected chi connectivity index (χ4v) is 3.86. The third-order valence-electron chi connectivity index (χ3n) is 4.04. The molecule has 118 valence electrons. The second-order valence-electron chi connectivity index (χ2n) is 5.81. The smallest absolute Gasteiger partial charge is 0.309 e. The van der Waals surface area contributed by atoms with Crippen molar-refractivity contribution >= 4 is 17.3 Å².